The van der Waals surface area contributed by atoms with Crippen molar-refractivity contribution >= 4 is 5.96 Å². The van der Waals surface area contributed by atoms with Crippen LogP contribution in [0, 0.1) is 0 Å². The molecule has 1 fully saturated rings. The van der Waals surface area contributed by atoms with E-state index in [1.54, 1.807) is 38.0 Å². The monoisotopic (exact) mass is 296 g/mol. The van der Waals surface area contributed by atoms with Crippen molar-refractivity contribution in [2.45, 2.75) is 12.2 Å². The quantitative estimate of drug-likeness (QED) is 0.567. The smallest absolute Gasteiger partial charge is 0.379 e. The van der Waals surface area contributed by atoms with E-state index in [1.807, 2.05) is 0 Å². The van der Waals surface area contributed by atoms with Crippen LogP contribution in [0.15, 0.2) is 4.99 Å². The van der Waals surface area contributed by atoms with Gasteiger partial charge in [-0.15, -0.1) is 0 Å². The Kier molecular flexibility index (Phi) is 6.07. The molecule has 1 aliphatic rings. The SMILES string of the molecule is CN(C)C(=NCC(N1CCOCC1)C(F)(F)F)N(C)C. The van der Waals surface area contributed by atoms with Gasteiger partial charge in [0.05, 0.1) is 19.8 Å². The number of alkyl halides is 3. The van der Waals surface area contributed by atoms with Gasteiger partial charge in [-0.2, -0.15) is 13.2 Å². The van der Waals surface area contributed by atoms with Crippen LogP contribution in [0.3, 0.4) is 0 Å². The standard InChI is InChI=1S/C12H23F3N4O/c1-17(2)11(18(3)4)16-9-10(12(13,14)15)19-5-7-20-8-6-19/h10H,5-9H2,1-4H3. The molecule has 1 heterocycles. The number of nitrogens with zero attached hydrogens (tertiary/aromatic N) is 4. The summed E-state index contributed by atoms with van der Waals surface area (Å²) in [6.45, 7) is 0.960. The van der Waals surface area contributed by atoms with Gasteiger partial charge >= 0.3 is 6.18 Å². The van der Waals surface area contributed by atoms with Crippen LogP contribution < -0.4 is 0 Å². The number of hydrogen-bond acceptors (Lipinski definition) is 3. The maximum absolute atomic E-state index is 13.2. The fraction of sp³-hybridized carbons (Fsp3) is 0.917. The molecule has 0 spiro atoms. The van der Waals surface area contributed by atoms with Gasteiger partial charge in [-0.3, -0.25) is 9.89 Å². The van der Waals surface area contributed by atoms with E-state index >= 15 is 0 Å². The van der Waals surface area contributed by atoms with Crippen molar-refractivity contribution in [2.75, 3.05) is 61.0 Å². The molecule has 0 aromatic carbocycles. The summed E-state index contributed by atoms with van der Waals surface area (Å²) in [5, 5.41) is 0. The number of guanidine groups is 1. The van der Waals surface area contributed by atoms with E-state index in [0.717, 1.165) is 0 Å². The zero-order chi connectivity index (χ0) is 15.3. The van der Waals surface area contributed by atoms with Crippen LogP contribution in [-0.4, -0.2) is 93.9 Å². The summed E-state index contributed by atoms with van der Waals surface area (Å²) >= 11 is 0. The zero-order valence-corrected chi connectivity index (χ0v) is 12.4. The minimum atomic E-state index is -4.29. The highest BCUT2D eigenvalue weighted by Crippen LogP contribution is 2.26. The molecule has 0 radical (unpaired) electrons. The van der Waals surface area contributed by atoms with Gasteiger partial charge in [-0.1, -0.05) is 0 Å². The summed E-state index contributed by atoms with van der Waals surface area (Å²) < 4.78 is 44.6. The lowest BCUT2D eigenvalue weighted by Gasteiger charge is -2.35. The Morgan fingerprint density at radius 2 is 1.65 bits per heavy atom. The van der Waals surface area contributed by atoms with Crippen molar-refractivity contribution in [3.8, 4) is 0 Å². The molecule has 1 unspecified atom stereocenters. The Bertz CT molecular complexity index is 315. The van der Waals surface area contributed by atoms with Crippen LogP contribution in [0.1, 0.15) is 0 Å². The van der Waals surface area contributed by atoms with Crippen molar-refractivity contribution < 1.29 is 17.9 Å². The molecule has 1 rings (SSSR count). The van der Waals surface area contributed by atoms with Crippen LogP contribution >= 0.6 is 0 Å². The Hall–Kier alpha value is -1.02. The lowest BCUT2D eigenvalue weighted by atomic mass is 10.2. The first-order valence-corrected chi connectivity index (χ1v) is 6.51. The van der Waals surface area contributed by atoms with E-state index in [-0.39, 0.29) is 6.54 Å². The van der Waals surface area contributed by atoms with Crippen LogP contribution in [-0.2, 0) is 4.74 Å². The van der Waals surface area contributed by atoms with E-state index in [1.165, 1.54) is 4.90 Å². The van der Waals surface area contributed by atoms with Crippen LogP contribution in [0.25, 0.3) is 0 Å². The number of aliphatic imine (C=N–C) groups is 1. The van der Waals surface area contributed by atoms with Crippen molar-refractivity contribution in [1.29, 1.82) is 0 Å². The highest BCUT2D eigenvalue weighted by molar-refractivity contribution is 5.79. The second-order valence-corrected chi connectivity index (χ2v) is 5.14. The normalized spacial score (nSPS) is 18.6. The lowest BCUT2D eigenvalue weighted by Crippen LogP contribution is -2.52. The molecule has 5 nitrogen and oxygen atoms in total. The van der Waals surface area contributed by atoms with Gasteiger partial charge < -0.3 is 14.5 Å². The molecule has 0 N–H and O–H groups in total. The zero-order valence-electron chi connectivity index (χ0n) is 12.4. The Balaban J connectivity index is 2.82. The van der Waals surface area contributed by atoms with Gasteiger partial charge in [-0.05, 0) is 0 Å². The maximum Gasteiger partial charge on any atom is 0.405 e. The molecule has 0 aliphatic carbocycles. The Labute approximate surface area is 118 Å². The molecule has 1 saturated heterocycles. The third-order valence-electron chi connectivity index (χ3n) is 3.07. The van der Waals surface area contributed by atoms with Crippen LogP contribution in [0.5, 0.6) is 0 Å². The van der Waals surface area contributed by atoms with Gasteiger partial charge in [0.1, 0.15) is 6.04 Å². The van der Waals surface area contributed by atoms with Crippen molar-refractivity contribution in [3.63, 3.8) is 0 Å². The Morgan fingerprint density at radius 1 is 1.15 bits per heavy atom. The second kappa shape index (κ2) is 7.12. The topological polar surface area (TPSA) is 31.3 Å². The second-order valence-electron chi connectivity index (χ2n) is 5.14. The Morgan fingerprint density at radius 3 is 2.05 bits per heavy atom. The molecular weight excluding hydrogens is 273 g/mol. The molecule has 8 heteroatoms. The number of halogens is 3. The first-order chi connectivity index (χ1) is 9.23. The summed E-state index contributed by atoms with van der Waals surface area (Å²) in [6, 6.07) is -1.55. The minimum absolute atomic E-state index is 0.291. The molecule has 1 atom stereocenters. The van der Waals surface area contributed by atoms with E-state index in [4.69, 9.17) is 4.74 Å². The van der Waals surface area contributed by atoms with Gasteiger partial charge in [0.25, 0.3) is 0 Å². The van der Waals surface area contributed by atoms with E-state index < -0.39 is 12.2 Å². The van der Waals surface area contributed by atoms with Crippen LogP contribution in [0.2, 0.25) is 0 Å². The maximum atomic E-state index is 13.2. The molecular formula is C12H23F3N4O. The van der Waals surface area contributed by atoms with Crippen molar-refractivity contribution in [1.82, 2.24) is 14.7 Å². The molecule has 0 aromatic heterocycles. The third kappa shape index (κ3) is 4.82. The predicted molar refractivity (Wildman–Crippen MR) is 71.9 cm³/mol. The fourth-order valence-corrected chi connectivity index (χ4v) is 2.17. The van der Waals surface area contributed by atoms with Gasteiger partial charge in [0.2, 0.25) is 0 Å². The summed E-state index contributed by atoms with van der Waals surface area (Å²) in [4.78, 5) is 8.93. The molecule has 0 amide bonds. The molecule has 0 bridgehead atoms. The number of morpholine rings is 1. The fourth-order valence-electron chi connectivity index (χ4n) is 2.17. The highest BCUT2D eigenvalue weighted by Gasteiger charge is 2.43. The van der Waals surface area contributed by atoms with E-state index in [9.17, 15) is 13.2 Å². The van der Waals surface area contributed by atoms with Gasteiger partial charge in [0, 0.05) is 41.3 Å². The summed E-state index contributed by atoms with van der Waals surface area (Å²) in [5.41, 5.74) is 0. The summed E-state index contributed by atoms with van der Waals surface area (Å²) in [6.07, 6.45) is -4.29. The van der Waals surface area contributed by atoms with Gasteiger partial charge in [0.15, 0.2) is 5.96 Å². The molecule has 0 aromatic rings. The predicted octanol–water partition coefficient (Wildman–Crippen LogP) is 0.729. The molecule has 118 valence electrons. The largest absolute Gasteiger partial charge is 0.405 e. The summed E-state index contributed by atoms with van der Waals surface area (Å²) in [7, 11) is 7.04. The first kappa shape index (κ1) is 17.0. The van der Waals surface area contributed by atoms with Crippen molar-refractivity contribution in [3.05, 3.63) is 0 Å². The third-order valence-corrected chi connectivity index (χ3v) is 3.07. The van der Waals surface area contributed by atoms with E-state index in [0.29, 0.717) is 32.3 Å². The number of ether oxygens (including phenoxy) is 1. The molecule has 0 saturated carbocycles. The highest BCUT2D eigenvalue weighted by atomic mass is 19.4. The van der Waals surface area contributed by atoms with Crippen LogP contribution in [0.4, 0.5) is 13.2 Å². The average molecular weight is 296 g/mol. The average Bonchev–Trinajstić information content (AvgIpc) is 2.33. The summed E-state index contributed by atoms with van der Waals surface area (Å²) in [5.74, 6) is 0.521. The number of rotatable bonds is 3. The minimum Gasteiger partial charge on any atom is -0.379 e. The van der Waals surface area contributed by atoms with E-state index in [2.05, 4.69) is 4.99 Å². The lowest BCUT2D eigenvalue weighted by molar-refractivity contribution is -0.188. The van der Waals surface area contributed by atoms with Gasteiger partial charge in [-0.25, -0.2) is 0 Å². The molecule has 1 aliphatic heterocycles. The van der Waals surface area contributed by atoms with Crippen molar-refractivity contribution in [2.24, 2.45) is 4.99 Å². The first-order valence-electron chi connectivity index (χ1n) is 6.51. The number of hydrogen-bond donors (Lipinski definition) is 0. The molecule has 20 heavy (non-hydrogen) atoms.